The number of benzene rings is 1. The Kier molecular flexibility index (Phi) is 3.66. The molecular formula is C13H10ClN3O. The summed E-state index contributed by atoms with van der Waals surface area (Å²) in [6.45, 7) is 0.322. The zero-order valence-corrected chi connectivity index (χ0v) is 10.2. The number of nitrogen functional groups attached to an aromatic ring is 1. The topological polar surface area (TPSA) is 71.9 Å². The lowest BCUT2D eigenvalue weighted by Crippen LogP contribution is -2.00. The normalized spacial score (nSPS) is 9.78. The SMILES string of the molecule is N#Cc1cc(N)cnc1OCc1ccc(Cl)cc1. The predicted molar refractivity (Wildman–Crippen MR) is 69.1 cm³/mol. The minimum absolute atomic E-state index is 0.279. The number of rotatable bonds is 3. The Labute approximate surface area is 110 Å². The second-order valence-electron chi connectivity index (χ2n) is 3.65. The zero-order chi connectivity index (χ0) is 13.0. The van der Waals surface area contributed by atoms with Crippen LogP contribution in [0.3, 0.4) is 0 Å². The highest BCUT2D eigenvalue weighted by Gasteiger charge is 2.05. The number of ether oxygens (including phenoxy) is 1. The number of pyridine rings is 1. The quantitative estimate of drug-likeness (QED) is 0.920. The van der Waals surface area contributed by atoms with Gasteiger partial charge in [0, 0.05) is 5.02 Å². The third-order valence-corrected chi connectivity index (χ3v) is 2.53. The van der Waals surface area contributed by atoms with Gasteiger partial charge in [-0.05, 0) is 23.8 Å². The Hall–Kier alpha value is -2.25. The molecule has 1 aromatic heterocycles. The van der Waals surface area contributed by atoms with Gasteiger partial charge in [0.05, 0.1) is 11.9 Å². The van der Waals surface area contributed by atoms with Crippen molar-refractivity contribution in [3.05, 3.63) is 52.7 Å². The molecule has 0 aliphatic carbocycles. The molecule has 0 unspecified atom stereocenters. The fourth-order valence-corrected chi connectivity index (χ4v) is 1.52. The summed E-state index contributed by atoms with van der Waals surface area (Å²) >= 11 is 5.78. The van der Waals surface area contributed by atoms with Crippen molar-refractivity contribution in [2.24, 2.45) is 0 Å². The maximum absolute atomic E-state index is 8.93. The first-order valence-corrected chi connectivity index (χ1v) is 5.59. The van der Waals surface area contributed by atoms with Crippen molar-refractivity contribution >= 4 is 17.3 Å². The van der Waals surface area contributed by atoms with E-state index in [1.54, 1.807) is 12.1 Å². The van der Waals surface area contributed by atoms with E-state index in [-0.39, 0.29) is 5.88 Å². The number of halogens is 1. The maximum atomic E-state index is 8.93. The first-order valence-electron chi connectivity index (χ1n) is 5.22. The molecule has 1 heterocycles. The first-order chi connectivity index (χ1) is 8.69. The molecule has 0 aliphatic heterocycles. The number of nitrogens with two attached hydrogens (primary N) is 1. The highest BCUT2D eigenvalue weighted by molar-refractivity contribution is 6.30. The monoisotopic (exact) mass is 259 g/mol. The Balaban J connectivity index is 2.11. The minimum Gasteiger partial charge on any atom is -0.472 e. The maximum Gasteiger partial charge on any atom is 0.232 e. The van der Waals surface area contributed by atoms with Gasteiger partial charge in [-0.15, -0.1) is 0 Å². The van der Waals surface area contributed by atoms with E-state index in [0.29, 0.717) is 22.9 Å². The fourth-order valence-electron chi connectivity index (χ4n) is 1.40. The van der Waals surface area contributed by atoms with Crippen molar-refractivity contribution in [1.29, 1.82) is 5.26 Å². The molecule has 0 bridgehead atoms. The van der Waals surface area contributed by atoms with Crippen LogP contribution in [-0.2, 0) is 6.61 Å². The molecule has 0 atom stereocenters. The van der Waals surface area contributed by atoms with Gasteiger partial charge in [0.2, 0.25) is 5.88 Å². The van der Waals surface area contributed by atoms with E-state index >= 15 is 0 Å². The first kappa shape index (κ1) is 12.2. The Morgan fingerprint density at radius 1 is 1.33 bits per heavy atom. The number of nitriles is 1. The fraction of sp³-hybridized carbons (Fsp3) is 0.0769. The van der Waals surface area contributed by atoms with Gasteiger partial charge in [0.15, 0.2) is 0 Å². The third kappa shape index (κ3) is 2.90. The lowest BCUT2D eigenvalue weighted by atomic mass is 10.2. The Morgan fingerprint density at radius 3 is 2.72 bits per heavy atom. The van der Waals surface area contributed by atoms with E-state index in [1.807, 2.05) is 18.2 Å². The Morgan fingerprint density at radius 2 is 2.06 bits per heavy atom. The molecule has 2 N–H and O–H groups in total. The van der Waals surface area contributed by atoms with Crippen molar-refractivity contribution in [2.75, 3.05) is 5.73 Å². The van der Waals surface area contributed by atoms with E-state index < -0.39 is 0 Å². The van der Waals surface area contributed by atoms with Crippen LogP contribution in [0.1, 0.15) is 11.1 Å². The molecular weight excluding hydrogens is 250 g/mol. The van der Waals surface area contributed by atoms with Crippen molar-refractivity contribution in [1.82, 2.24) is 4.98 Å². The van der Waals surface area contributed by atoms with Gasteiger partial charge in [-0.1, -0.05) is 23.7 Å². The highest BCUT2D eigenvalue weighted by atomic mass is 35.5. The summed E-state index contributed by atoms with van der Waals surface area (Å²) in [7, 11) is 0. The minimum atomic E-state index is 0.279. The molecule has 0 radical (unpaired) electrons. The second kappa shape index (κ2) is 5.39. The van der Waals surface area contributed by atoms with Gasteiger partial charge >= 0.3 is 0 Å². The van der Waals surface area contributed by atoms with Gasteiger partial charge in [-0.3, -0.25) is 0 Å². The van der Waals surface area contributed by atoms with E-state index in [1.165, 1.54) is 12.3 Å². The van der Waals surface area contributed by atoms with E-state index in [4.69, 9.17) is 27.3 Å². The van der Waals surface area contributed by atoms with Crippen LogP contribution >= 0.6 is 11.6 Å². The van der Waals surface area contributed by atoms with Crippen LogP contribution in [0.15, 0.2) is 36.5 Å². The van der Waals surface area contributed by atoms with Crippen molar-refractivity contribution in [2.45, 2.75) is 6.61 Å². The van der Waals surface area contributed by atoms with Crippen LogP contribution in [-0.4, -0.2) is 4.98 Å². The van der Waals surface area contributed by atoms with Crippen LogP contribution in [0.5, 0.6) is 5.88 Å². The number of aromatic nitrogens is 1. The molecule has 5 heteroatoms. The van der Waals surface area contributed by atoms with E-state index in [9.17, 15) is 0 Å². The van der Waals surface area contributed by atoms with Gasteiger partial charge in [0.1, 0.15) is 18.2 Å². The van der Waals surface area contributed by atoms with Gasteiger partial charge < -0.3 is 10.5 Å². The summed E-state index contributed by atoms with van der Waals surface area (Å²) in [6.07, 6.45) is 1.46. The molecule has 90 valence electrons. The average molecular weight is 260 g/mol. The summed E-state index contributed by atoms with van der Waals surface area (Å²) in [5, 5.41) is 9.60. The standard InChI is InChI=1S/C13H10ClN3O/c14-11-3-1-9(2-4-11)8-18-13-10(6-15)5-12(16)7-17-13/h1-5,7H,8,16H2. The molecule has 0 saturated heterocycles. The summed E-state index contributed by atoms with van der Waals surface area (Å²) in [6, 6.07) is 10.8. The smallest absolute Gasteiger partial charge is 0.232 e. The average Bonchev–Trinajstić information content (AvgIpc) is 2.39. The van der Waals surface area contributed by atoms with E-state index in [0.717, 1.165) is 5.56 Å². The number of nitrogens with zero attached hydrogens (tertiary/aromatic N) is 2. The van der Waals surface area contributed by atoms with Crippen molar-refractivity contribution in [3.8, 4) is 11.9 Å². The van der Waals surface area contributed by atoms with Crippen LogP contribution in [0, 0.1) is 11.3 Å². The zero-order valence-electron chi connectivity index (χ0n) is 9.43. The Bertz CT molecular complexity index is 590. The van der Waals surface area contributed by atoms with Gasteiger partial charge in [-0.2, -0.15) is 5.26 Å². The third-order valence-electron chi connectivity index (χ3n) is 2.28. The molecule has 0 aliphatic rings. The number of hydrogen-bond acceptors (Lipinski definition) is 4. The van der Waals surface area contributed by atoms with Crippen LogP contribution < -0.4 is 10.5 Å². The van der Waals surface area contributed by atoms with Crippen LogP contribution in [0.4, 0.5) is 5.69 Å². The second-order valence-corrected chi connectivity index (χ2v) is 4.08. The molecule has 2 aromatic rings. The lowest BCUT2D eigenvalue weighted by Gasteiger charge is -2.07. The molecule has 0 spiro atoms. The van der Waals surface area contributed by atoms with Gasteiger partial charge in [-0.25, -0.2) is 4.98 Å². The van der Waals surface area contributed by atoms with Crippen LogP contribution in [0.2, 0.25) is 5.02 Å². The van der Waals surface area contributed by atoms with Crippen molar-refractivity contribution in [3.63, 3.8) is 0 Å². The summed E-state index contributed by atoms with van der Waals surface area (Å²) in [5.74, 6) is 0.279. The largest absolute Gasteiger partial charge is 0.472 e. The molecule has 1 aromatic carbocycles. The highest BCUT2D eigenvalue weighted by Crippen LogP contribution is 2.18. The molecule has 18 heavy (non-hydrogen) atoms. The number of hydrogen-bond donors (Lipinski definition) is 1. The molecule has 0 amide bonds. The summed E-state index contributed by atoms with van der Waals surface area (Å²) in [5.41, 5.74) is 7.25. The summed E-state index contributed by atoms with van der Waals surface area (Å²) < 4.78 is 5.48. The molecule has 2 rings (SSSR count). The molecule has 0 saturated carbocycles. The van der Waals surface area contributed by atoms with Crippen LogP contribution in [0.25, 0.3) is 0 Å². The molecule has 4 nitrogen and oxygen atoms in total. The molecule has 0 fully saturated rings. The lowest BCUT2D eigenvalue weighted by molar-refractivity contribution is 0.293. The summed E-state index contributed by atoms with van der Waals surface area (Å²) in [4.78, 5) is 3.99. The van der Waals surface area contributed by atoms with Gasteiger partial charge in [0.25, 0.3) is 0 Å². The number of anilines is 1. The van der Waals surface area contributed by atoms with E-state index in [2.05, 4.69) is 4.98 Å². The van der Waals surface area contributed by atoms with Crippen molar-refractivity contribution < 1.29 is 4.74 Å². The predicted octanol–water partition coefficient (Wildman–Crippen LogP) is 2.77.